The Bertz CT molecular complexity index is 484. The first-order valence-electron chi connectivity index (χ1n) is 7.53. The van der Waals surface area contributed by atoms with Crippen molar-refractivity contribution in [3.63, 3.8) is 0 Å². The highest BCUT2D eigenvalue weighted by Gasteiger charge is 2.29. The van der Waals surface area contributed by atoms with Crippen molar-refractivity contribution in [1.82, 2.24) is 9.78 Å². The van der Waals surface area contributed by atoms with Gasteiger partial charge < -0.3 is 5.32 Å². The molecule has 1 aliphatic carbocycles. The van der Waals surface area contributed by atoms with E-state index >= 15 is 0 Å². The zero-order chi connectivity index (χ0) is 14.7. The molecular formula is C14H24N4O2. The first-order chi connectivity index (χ1) is 9.56. The molecule has 0 aliphatic heterocycles. The number of nitrogens with one attached hydrogen (secondary N) is 1. The van der Waals surface area contributed by atoms with Gasteiger partial charge in [-0.05, 0) is 25.2 Å². The van der Waals surface area contributed by atoms with Gasteiger partial charge in [-0.25, -0.2) is 4.68 Å². The number of aryl methyl sites for hydroxylation is 2. The van der Waals surface area contributed by atoms with Gasteiger partial charge in [-0.1, -0.05) is 33.1 Å². The standard InChI is InChI=1S/C14H24N4O2/c1-4-10-7-6-8-11(9-10)15-14-13(18(19)20)12(5-2)16-17(14)3/h10-11,15H,4-9H2,1-3H3. The normalized spacial score (nSPS) is 22.8. The monoisotopic (exact) mass is 280 g/mol. The Morgan fingerprint density at radius 1 is 1.45 bits per heavy atom. The molecule has 1 heterocycles. The molecule has 1 saturated carbocycles. The van der Waals surface area contributed by atoms with Crippen molar-refractivity contribution in [3.8, 4) is 0 Å². The number of hydrogen-bond acceptors (Lipinski definition) is 4. The summed E-state index contributed by atoms with van der Waals surface area (Å²) in [6.07, 6.45) is 6.42. The van der Waals surface area contributed by atoms with Crippen molar-refractivity contribution < 1.29 is 4.92 Å². The van der Waals surface area contributed by atoms with Gasteiger partial charge in [0.15, 0.2) is 0 Å². The highest BCUT2D eigenvalue weighted by molar-refractivity contribution is 5.60. The molecular weight excluding hydrogens is 256 g/mol. The van der Waals surface area contributed by atoms with Gasteiger partial charge in [-0.2, -0.15) is 5.10 Å². The minimum Gasteiger partial charge on any atom is -0.362 e. The average Bonchev–Trinajstić information content (AvgIpc) is 2.75. The van der Waals surface area contributed by atoms with Crippen molar-refractivity contribution in [3.05, 3.63) is 15.8 Å². The van der Waals surface area contributed by atoms with E-state index in [4.69, 9.17) is 0 Å². The maximum absolute atomic E-state index is 11.3. The van der Waals surface area contributed by atoms with Gasteiger partial charge >= 0.3 is 5.69 Å². The minimum absolute atomic E-state index is 0.147. The molecule has 2 unspecified atom stereocenters. The Morgan fingerprint density at radius 3 is 2.80 bits per heavy atom. The number of hydrogen-bond donors (Lipinski definition) is 1. The topological polar surface area (TPSA) is 73.0 Å². The fourth-order valence-corrected chi connectivity index (χ4v) is 3.15. The lowest BCUT2D eigenvalue weighted by atomic mass is 9.84. The van der Waals surface area contributed by atoms with Crippen LogP contribution in [0.5, 0.6) is 0 Å². The Balaban J connectivity index is 2.20. The van der Waals surface area contributed by atoms with Crippen LogP contribution < -0.4 is 5.32 Å². The number of nitrogens with zero attached hydrogens (tertiary/aromatic N) is 3. The minimum atomic E-state index is -0.311. The van der Waals surface area contributed by atoms with E-state index in [0.717, 1.165) is 18.8 Å². The fraction of sp³-hybridized carbons (Fsp3) is 0.786. The van der Waals surface area contributed by atoms with Crippen LogP contribution in [0.15, 0.2) is 0 Å². The van der Waals surface area contributed by atoms with Crippen LogP contribution in [0.1, 0.15) is 51.6 Å². The van der Waals surface area contributed by atoms with E-state index in [0.29, 0.717) is 24.0 Å². The van der Waals surface area contributed by atoms with E-state index in [9.17, 15) is 10.1 Å². The highest BCUT2D eigenvalue weighted by atomic mass is 16.6. The third-order valence-electron chi connectivity index (χ3n) is 4.31. The van der Waals surface area contributed by atoms with E-state index in [-0.39, 0.29) is 10.6 Å². The summed E-state index contributed by atoms with van der Waals surface area (Å²) in [5, 5.41) is 18.9. The number of nitro groups is 1. The van der Waals surface area contributed by atoms with E-state index in [1.54, 1.807) is 11.7 Å². The quantitative estimate of drug-likeness (QED) is 0.663. The summed E-state index contributed by atoms with van der Waals surface area (Å²) < 4.78 is 1.62. The second-order valence-corrected chi connectivity index (χ2v) is 5.66. The average molecular weight is 280 g/mol. The molecule has 2 rings (SSSR count). The van der Waals surface area contributed by atoms with Gasteiger partial charge in [0, 0.05) is 13.1 Å². The molecule has 1 aromatic rings. The summed E-state index contributed by atoms with van der Waals surface area (Å²) in [5.41, 5.74) is 0.705. The molecule has 1 aromatic heterocycles. The zero-order valence-electron chi connectivity index (χ0n) is 12.6. The van der Waals surface area contributed by atoms with Crippen LogP contribution in [-0.2, 0) is 13.5 Å². The van der Waals surface area contributed by atoms with Crippen molar-refractivity contribution in [2.24, 2.45) is 13.0 Å². The molecule has 1 N–H and O–H groups in total. The van der Waals surface area contributed by atoms with E-state index in [1.807, 2.05) is 6.92 Å². The van der Waals surface area contributed by atoms with Gasteiger partial charge in [0.1, 0.15) is 5.69 Å². The second-order valence-electron chi connectivity index (χ2n) is 5.66. The molecule has 0 spiro atoms. The molecule has 1 fully saturated rings. The molecule has 0 radical (unpaired) electrons. The number of aromatic nitrogens is 2. The molecule has 20 heavy (non-hydrogen) atoms. The van der Waals surface area contributed by atoms with Crippen LogP contribution >= 0.6 is 0 Å². The number of rotatable bonds is 5. The molecule has 1 aliphatic rings. The van der Waals surface area contributed by atoms with Crippen LogP contribution in [0.3, 0.4) is 0 Å². The molecule has 2 atom stereocenters. The molecule has 112 valence electrons. The first kappa shape index (κ1) is 14.8. The van der Waals surface area contributed by atoms with Crippen molar-refractivity contribution in [1.29, 1.82) is 0 Å². The van der Waals surface area contributed by atoms with Crippen molar-refractivity contribution in [2.45, 2.75) is 58.4 Å². The molecule has 0 saturated heterocycles. The Kier molecular flexibility index (Phi) is 4.62. The Morgan fingerprint density at radius 2 is 2.20 bits per heavy atom. The van der Waals surface area contributed by atoms with E-state index in [2.05, 4.69) is 17.3 Å². The van der Waals surface area contributed by atoms with E-state index < -0.39 is 0 Å². The van der Waals surface area contributed by atoms with Gasteiger partial charge in [0.25, 0.3) is 0 Å². The summed E-state index contributed by atoms with van der Waals surface area (Å²) in [6.45, 7) is 4.11. The van der Waals surface area contributed by atoms with Gasteiger partial charge in [0.05, 0.1) is 4.92 Å². The number of anilines is 1. The third-order valence-corrected chi connectivity index (χ3v) is 4.31. The SMILES string of the molecule is CCc1nn(C)c(NC2CCCC(CC)C2)c1[N+](=O)[O-]. The molecule has 6 heteroatoms. The molecule has 0 bridgehead atoms. The van der Waals surface area contributed by atoms with Crippen molar-refractivity contribution in [2.75, 3.05) is 5.32 Å². The van der Waals surface area contributed by atoms with E-state index in [1.165, 1.54) is 19.3 Å². The molecule has 6 nitrogen and oxygen atoms in total. The van der Waals surface area contributed by atoms with Crippen LogP contribution in [0.2, 0.25) is 0 Å². The van der Waals surface area contributed by atoms with Crippen LogP contribution in [0.25, 0.3) is 0 Å². The van der Waals surface area contributed by atoms with Gasteiger partial charge in [-0.3, -0.25) is 10.1 Å². The Hall–Kier alpha value is -1.59. The second kappa shape index (κ2) is 6.24. The predicted octanol–water partition coefficient (Wildman–Crippen LogP) is 3.27. The smallest absolute Gasteiger partial charge is 0.333 e. The van der Waals surface area contributed by atoms with Gasteiger partial charge in [0.2, 0.25) is 5.82 Å². The zero-order valence-corrected chi connectivity index (χ0v) is 12.6. The summed E-state index contributed by atoms with van der Waals surface area (Å²) in [6, 6.07) is 0.326. The lowest BCUT2D eigenvalue weighted by Crippen LogP contribution is -2.28. The summed E-state index contributed by atoms with van der Waals surface area (Å²) in [7, 11) is 1.77. The molecule has 0 amide bonds. The largest absolute Gasteiger partial charge is 0.362 e. The molecule has 0 aromatic carbocycles. The summed E-state index contributed by atoms with van der Waals surface area (Å²) in [5.74, 6) is 1.30. The Labute approximate surface area is 119 Å². The lowest BCUT2D eigenvalue weighted by Gasteiger charge is -2.29. The highest BCUT2D eigenvalue weighted by Crippen LogP contribution is 2.33. The predicted molar refractivity (Wildman–Crippen MR) is 78.9 cm³/mol. The lowest BCUT2D eigenvalue weighted by molar-refractivity contribution is -0.384. The van der Waals surface area contributed by atoms with Gasteiger partial charge in [-0.15, -0.1) is 0 Å². The summed E-state index contributed by atoms with van der Waals surface area (Å²) >= 11 is 0. The maximum Gasteiger partial charge on any atom is 0.333 e. The van der Waals surface area contributed by atoms with Crippen LogP contribution in [0, 0.1) is 16.0 Å². The summed E-state index contributed by atoms with van der Waals surface area (Å²) in [4.78, 5) is 11.0. The fourth-order valence-electron chi connectivity index (χ4n) is 3.15. The van der Waals surface area contributed by atoms with Crippen LogP contribution in [-0.4, -0.2) is 20.7 Å². The van der Waals surface area contributed by atoms with Crippen molar-refractivity contribution >= 4 is 11.5 Å². The maximum atomic E-state index is 11.3. The third kappa shape index (κ3) is 2.94. The van der Waals surface area contributed by atoms with Crippen LogP contribution in [0.4, 0.5) is 11.5 Å². The first-order valence-corrected chi connectivity index (χ1v) is 7.53.